The standard InChI is InChI=1S/C20H21FN6O2/c1-4-27-11-12(9-23-27)16-10-22-14-5-6-18(26-20(14)25-16)24-15-7-13(28-2)8-17(29-3)19(15)21/h5-9,11,22H,4,10H2,1-3H3,(H,24,26). The molecule has 0 radical (unpaired) electrons. The zero-order valence-corrected chi connectivity index (χ0v) is 16.4. The molecule has 150 valence electrons. The molecule has 2 aromatic heterocycles. The number of pyridine rings is 1. The van der Waals surface area contributed by atoms with Crippen molar-refractivity contribution < 1.29 is 13.9 Å². The average molecular weight is 396 g/mol. The van der Waals surface area contributed by atoms with Crippen molar-refractivity contribution in [3.05, 3.63) is 48.0 Å². The van der Waals surface area contributed by atoms with Crippen LogP contribution in [0.25, 0.3) is 0 Å². The normalized spacial score (nSPS) is 12.6. The largest absolute Gasteiger partial charge is 0.497 e. The third-order valence-corrected chi connectivity index (χ3v) is 4.58. The Labute approximate surface area is 167 Å². The minimum Gasteiger partial charge on any atom is -0.497 e. The van der Waals surface area contributed by atoms with Gasteiger partial charge in [-0.1, -0.05) is 0 Å². The molecule has 0 bridgehead atoms. The van der Waals surface area contributed by atoms with Gasteiger partial charge in [-0.25, -0.2) is 14.4 Å². The van der Waals surface area contributed by atoms with E-state index in [4.69, 9.17) is 9.47 Å². The zero-order valence-electron chi connectivity index (χ0n) is 16.4. The maximum absolute atomic E-state index is 14.6. The summed E-state index contributed by atoms with van der Waals surface area (Å²) in [5.41, 5.74) is 2.79. The van der Waals surface area contributed by atoms with Gasteiger partial charge in [-0.05, 0) is 19.1 Å². The number of nitrogens with one attached hydrogen (secondary N) is 2. The van der Waals surface area contributed by atoms with Crippen molar-refractivity contribution in [2.24, 2.45) is 4.99 Å². The lowest BCUT2D eigenvalue weighted by molar-refractivity contribution is 0.375. The lowest BCUT2D eigenvalue weighted by Gasteiger charge is -2.18. The van der Waals surface area contributed by atoms with Gasteiger partial charge in [0.25, 0.3) is 0 Å². The molecule has 0 saturated heterocycles. The lowest BCUT2D eigenvalue weighted by atomic mass is 10.2. The molecule has 3 heterocycles. The monoisotopic (exact) mass is 396 g/mol. The van der Waals surface area contributed by atoms with E-state index in [0.29, 0.717) is 23.9 Å². The number of benzene rings is 1. The minimum absolute atomic E-state index is 0.0831. The van der Waals surface area contributed by atoms with Crippen LogP contribution in [0.15, 0.2) is 41.7 Å². The van der Waals surface area contributed by atoms with E-state index < -0.39 is 5.82 Å². The van der Waals surface area contributed by atoms with Crippen molar-refractivity contribution >= 4 is 28.7 Å². The number of anilines is 3. The summed E-state index contributed by atoms with van der Waals surface area (Å²) in [6.45, 7) is 3.40. The summed E-state index contributed by atoms with van der Waals surface area (Å²) in [6, 6.07) is 6.64. The number of halogens is 1. The molecule has 0 atom stereocenters. The first-order valence-corrected chi connectivity index (χ1v) is 9.15. The molecule has 1 aliphatic rings. The van der Waals surface area contributed by atoms with Crippen LogP contribution >= 0.6 is 0 Å². The van der Waals surface area contributed by atoms with Crippen molar-refractivity contribution in [2.75, 3.05) is 31.4 Å². The van der Waals surface area contributed by atoms with E-state index >= 15 is 0 Å². The molecular formula is C20H21FN6O2. The summed E-state index contributed by atoms with van der Waals surface area (Å²) in [6.07, 6.45) is 3.74. The lowest BCUT2D eigenvalue weighted by Crippen LogP contribution is -2.19. The predicted octanol–water partition coefficient (Wildman–Crippen LogP) is 3.74. The van der Waals surface area contributed by atoms with Gasteiger partial charge < -0.3 is 20.1 Å². The number of aryl methyl sites for hydroxylation is 1. The Hall–Kier alpha value is -3.62. The second-order valence-electron chi connectivity index (χ2n) is 6.38. The van der Waals surface area contributed by atoms with E-state index in [-0.39, 0.29) is 11.4 Å². The van der Waals surface area contributed by atoms with Crippen LogP contribution < -0.4 is 20.1 Å². The van der Waals surface area contributed by atoms with E-state index in [2.05, 4.69) is 25.7 Å². The van der Waals surface area contributed by atoms with E-state index in [9.17, 15) is 4.39 Å². The molecule has 2 N–H and O–H groups in total. The van der Waals surface area contributed by atoms with Gasteiger partial charge in [0.05, 0.1) is 44.0 Å². The highest BCUT2D eigenvalue weighted by molar-refractivity contribution is 6.06. The summed E-state index contributed by atoms with van der Waals surface area (Å²) in [5.74, 6) is 1.00. The van der Waals surface area contributed by atoms with Crippen LogP contribution in [-0.4, -0.2) is 41.2 Å². The van der Waals surface area contributed by atoms with Crippen LogP contribution in [0.4, 0.5) is 27.4 Å². The number of nitrogens with zero attached hydrogens (tertiary/aromatic N) is 4. The van der Waals surface area contributed by atoms with Gasteiger partial charge in [0.1, 0.15) is 11.6 Å². The van der Waals surface area contributed by atoms with Crippen LogP contribution in [0.1, 0.15) is 12.5 Å². The molecule has 1 aromatic carbocycles. The first-order chi connectivity index (χ1) is 14.1. The van der Waals surface area contributed by atoms with Gasteiger partial charge in [-0.15, -0.1) is 0 Å². The third kappa shape index (κ3) is 3.71. The van der Waals surface area contributed by atoms with Gasteiger partial charge in [0, 0.05) is 30.4 Å². The Morgan fingerprint density at radius 3 is 2.83 bits per heavy atom. The maximum atomic E-state index is 14.6. The highest BCUT2D eigenvalue weighted by Gasteiger charge is 2.17. The Morgan fingerprint density at radius 2 is 2.10 bits per heavy atom. The van der Waals surface area contributed by atoms with Crippen molar-refractivity contribution in [3.63, 3.8) is 0 Å². The number of aliphatic imine (C=N–C) groups is 1. The second-order valence-corrected chi connectivity index (χ2v) is 6.38. The van der Waals surface area contributed by atoms with E-state index in [1.54, 1.807) is 18.3 Å². The number of fused-ring (bicyclic) bond motifs is 1. The quantitative estimate of drug-likeness (QED) is 0.660. The summed E-state index contributed by atoms with van der Waals surface area (Å²) < 4.78 is 26.7. The minimum atomic E-state index is -0.526. The average Bonchev–Trinajstić information content (AvgIpc) is 3.24. The van der Waals surface area contributed by atoms with E-state index in [1.807, 2.05) is 23.9 Å². The number of methoxy groups -OCH3 is 2. The first-order valence-electron chi connectivity index (χ1n) is 9.15. The topological polar surface area (TPSA) is 85.6 Å². The molecule has 0 spiro atoms. The van der Waals surface area contributed by atoms with Crippen molar-refractivity contribution in [1.29, 1.82) is 0 Å². The molecule has 0 saturated carbocycles. The molecule has 4 rings (SSSR count). The van der Waals surface area contributed by atoms with Crippen LogP contribution in [0.2, 0.25) is 0 Å². The fraction of sp³-hybridized carbons (Fsp3) is 0.250. The van der Waals surface area contributed by atoms with E-state index in [1.165, 1.54) is 20.3 Å². The summed E-state index contributed by atoms with van der Waals surface area (Å²) >= 11 is 0. The van der Waals surface area contributed by atoms with Crippen LogP contribution in [-0.2, 0) is 6.54 Å². The van der Waals surface area contributed by atoms with Gasteiger partial charge in [-0.3, -0.25) is 4.68 Å². The number of hydrogen-bond acceptors (Lipinski definition) is 7. The second kappa shape index (κ2) is 7.78. The maximum Gasteiger partial charge on any atom is 0.188 e. The van der Waals surface area contributed by atoms with Gasteiger partial charge in [0.15, 0.2) is 17.4 Å². The van der Waals surface area contributed by atoms with Gasteiger partial charge >= 0.3 is 0 Å². The SMILES string of the molecule is CCn1cc(C2=Nc3nc(Nc4cc(OC)cc(OC)c4F)ccc3NC2)cn1. The zero-order chi connectivity index (χ0) is 20.4. The molecule has 29 heavy (non-hydrogen) atoms. The van der Waals surface area contributed by atoms with Crippen LogP contribution in [0, 0.1) is 5.82 Å². The Kier molecular flexibility index (Phi) is 5.03. The fourth-order valence-corrected chi connectivity index (χ4v) is 3.01. The Balaban J connectivity index is 1.65. The fourth-order valence-electron chi connectivity index (χ4n) is 3.01. The highest BCUT2D eigenvalue weighted by atomic mass is 19.1. The summed E-state index contributed by atoms with van der Waals surface area (Å²) in [4.78, 5) is 9.19. The van der Waals surface area contributed by atoms with Gasteiger partial charge in [-0.2, -0.15) is 5.10 Å². The van der Waals surface area contributed by atoms with Crippen LogP contribution in [0.5, 0.6) is 11.5 Å². The molecule has 0 fully saturated rings. The molecule has 1 aliphatic heterocycles. The first kappa shape index (κ1) is 18.7. The molecule has 3 aromatic rings. The smallest absolute Gasteiger partial charge is 0.188 e. The Bertz CT molecular complexity index is 1080. The number of aromatic nitrogens is 3. The van der Waals surface area contributed by atoms with Crippen molar-refractivity contribution in [1.82, 2.24) is 14.8 Å². The molecular weight excluding hydrogens is 375 g/mol. The molecule has 0 unspecified atom stereocenters. The van der Waals surface area contributed by atoms with Gasteiger partial charge in [0.2, 0.25) is 0 Å². The van der Waals surface area contributed by atoms with Crippen LogP contribution in [0.3, 0.4) is 0 Å². The number of rotatable bonds is 6. The molecule has 8 nitrogen and oxygen atoms in total. The molecule has 0 aliphatic carbocycles. The van der Waals surface area contributed by atoms with E-state index in [0.717, 1.165) is 23.5 Å². The predicted molar refractivity (Wildman–Crippen MR) is 110 cm³/mol. The Morgan fingerprint density at radius 1 is 1.24 bits per heavy atom. The number of hydrogen-bond donors (Lipinski definition) is 2. The summed E-state index contributed by atoms with van der Waals surface area (Å²) in [5, 5.41) is 10.6. The molecule has 9 heteroatoms. The van der Waals surface area contributed by atoms with Crippen molar-refractivity contribution in [3.8, 4) is 11.5 Å². The summed E-state index contributed by atoms with van der Waals surface area (Å²) in [7, 11) is 2.91. The third-order valence-electron chi connectivity index (χ3n) is 4.58. The molecule has 0 amide bonds. The highest BCUT2D eigenvalue weighted by Crippen LogP contribution is 2.34. The number of ether oxygens (including phenoxy) is 2. The van der Waals surface area contributed by atoms with Crippen molar-refractivity contribution in [2.45, 2.75) is 13.5 Å².